The Balaban J connectivity index is 1.18. The van der Waals surface area contributed by atoms with Crippen LogP contribution in [0.2, 0.25) is 0 Å². The topological polar surface area (TPSA) is 269 Å². The highest BCUT2D eigenvalue weighted by Gasteiger charge is 2.54. The van der Waals surface area contributed by atoms with Crippen LogP contribution in [-0.4, -0.2) is 89.0 Å². The van der Waals surface area contributed by atoms with Gasteiger partial charge in [-0.25, -0.2) is 27.9 Å². The van der Waals surface area contributed by atoms with E-state index in [0.29, 0.717) is 0 Å². The Bertz CT molecular complexity index is 1920. The van der Waals surface area contributed by atoms with Gasteiger partial charge in [0.2, 0.25) is 11.9 Å². The van der Waals surface area contributed by atoms with E-state index in [1.807, 2.05) is 0 Å². The molecule has 4 aromatic heterocycles. The van der Waals surface area contributed by atoms with Gasteiger partial charge in [-0.1, -0.05) is 24.5 Å². The van der Waals surface area contributed by atoms with Crippen LogP contribution < -0.4 is 22.6 Å². The van der Waals surface area contributed by atoms with Crippen LogP contribution in [0.15, 0.2) is 22.2 Å². The van der Waals surface area contributed by atoms with Crippen LogP contribution in [0.5, 0.6) is 0 Å². The average Bonchev–Trinajstić information content (AvgIpc) is 3.72. The zero-order chi connectivity index (χ0) is 32.7. The van der Waals surface area contributed by atoms with Gasteiger partial charge in [-0.15, -0.1) is 0 Å². The predicted molar refractivity (Wildman–Crippen MR) is 158 cm³/mol. The minimum Gasteiger partial charge on any atom is -0.369 e. The highest BCUT2D eigenvalue weighted by Crippen LogP contribution is 2.60. The number of imidazole rings is 2. The molecule has 0 aliphatic carbocycles. The molecule has 0 radical (unpaired) electrons. The standard InChI is InChI=1S/C20H22F2N10O10P2S2/c21-7-11-5(39-17(7)31-3-25-9-13(31)27-19(23)29-15(9)33)1-37-43(35,45)42-12-6(2-38-44(36,46)41-11)40-18(8(12)22)32-4-26-10-14(32)28-20(24)30-16(10)34/h3-8,11-12,17-18H,1-2H2,(H,35,45)(H,36,46)(H3,23,27,29,33)(H3,24,28,30,34)/t5?,6?,7-,8-,11-,12-,17-,18-,43-,44-/m1/s1. The molecule has 0 bridgehead atoms. The Hall–Kier alpha value is -2.92. The Morgan fingerprint density at radius 3 is 1.57 bits per heavy atom. The third kappa shape index (κ3) is 5.55. The Kier molecular flexibility index (Phi) is 7.82. The minimum atomic E-state index is -4.48. The number of nitrogens with one attached hydrogen (secondary N) is 2. The van der Waals surface area contributed by atoms with Gasteiger partial charge < -0.3 is 20.9 Å². The van der Waals surface area contributed by atoms with E-state index in [9.17, 15) is 18.7 Å². The lowest BCUT2D eigenvalue weighted by atomic mass is 10.1. The van der Waals surface area contributed by atoms with E-state index in [1.54, 1.807) is 0 Å². The molecule has 4 aromatic rings. The van der Waals surface area contributed by atoms with Crippen LogP contribution in [0.3, 0.4) is 0 Å². The van der Waals surface area contributed by atoms with Crippen LogP contribution in [0, 0.1) is 0 Å². The summed E-state index contributed by atoms with van der Waals surface area (Å²) in [7, 11) is 0. The molecule has 3 fully saturated rings. The zero-order valence-electron chi connectivity index (χ0n) is 22.7. The van der Waals surface area contributed by atoms with Crippen molar-refractivity contribution in [1.29, 1.82) is 0 Å². The van der Waals surface area contributed by atoms with Crippen LogP contribution in [0.1, 0.15) is 12.5 Å². The van der Waals surface area contributed by atoms with E-state index < -0.39 is 87.1 Å². The van der Waals surface area contributed by atoms with Gasteiger partial charge in [-0.2, -0.15) is 9.97 Å². The lowest BCUT2D eigenvalue weighted by Crippen LogP contribution is -2.36. The normalized spacial score (nSPS) is 37.1. The van der Waals surface area contributed by atoms with Crippen molar-refractivity contribution in [2.24, 2.45) is 0 Å². The number of ether oxygens (including phenoxy) is 2. The molecule has 3 saturated heterocycles. The summed E-state index contributed by atoms with van der Waals surface area (Å²) in [6, 6.07) is 0. The quantitative estimate of drug-likeness (QED) is 0.123. The summed E-state index contributed by atoms with van der Waals surface area (Å²) in [5.74, 6) is -0.562. The summed E-state index contributed by atoms with van der Waals surface area (Å²) in [6.45, 7) is -10.4. The summed E-state index contributed by atoms with van der Waals surface area (Å²) in [5.41, 5.74) is 9.24. The summed E-state index contributed by atoms with van der Waals surface area (Å²) >= 11 is 7.90. The number of nitrogen functional groups attached to an aromatic ring is 2. The van der Waals surface area contributed by atoms with Gasteiger partial charge in [0.25, 0.3) is 11.1 Å². The fraction of sp³-hybridized carbons (Fsp3) is 0.500. The van der Waals surface area contributed by atoms with Crippen molar-refractivity contribution < 1.29 is 45.5 Å². The largest absolute Gasteiger partial charge is 0.386 e. The number of nitrogens with zero attached hydrogens (tertiary/aromatic N) is 6. The highest BCUT2D eigenvalue weighted by molar-refractivity contribution is 8.44. The number of hydrogen-bond acceptors (Lipinski definition) is 16. The molecule has 7 heterocycles. The average molecular weight is 727 g/mol. The monoisotopic (exact) mass is 726 g/mol. The first kappa shape index (κ1) is 31.7. The number of aromatic amines is 2. The first-order valence-electron chi connectivity index (χ1n) is 13.1. The van der Waals surface area contributed by atoms with Gasteiger partial charge in [-0.05, 0) is 0 Å². The van der Waals surface area contributed by atoms with E-state index in [-0.39, 0.29) is 34.2 Å². The molecule has 0 amide bonds. The molecule has 248 valence electrons. The Morgan fingerprint density at radius 1 is 0.783 bits per heavy atom. The number of thiol groups is 2. The predicted octanol–water partition coefficient (Wildman–Crippen LogP) is 0.781. The van der Waals surface area contributed by atoms with Gasteiger partial charge >= 0.3 is 13.6 Å². The van der Waals surface area contributed by atoms with Crippen molar-refractivity contribution in [3.8, 4) is 0 Å². The Labute approximate surface area is 263 Å². The van der Waals surface area contributed by atoms with E-state index >= 15 is 8.78 Å². The number of hydrogen-bond donors (Lipinski definition) is 6. The van der Waals surface area contributed by atoms with Crippen molar-refractivity contribution in [3.63, 3.8) is 0 Å². The maximum Gasteiger partial charge on any atom is 0.386 e. The van der Waals surface area contributed by atoms with Gasteiger partial charge in [0.05, 0.1) is 25.9 Å². The molecule has 3 aliphatic rings. The van der Waals surface area contributed by atoms with Crippen molar-refractivity contribution in [2.45, 2.75) is 49.2 Å². The third-order valence-corrected chi connectivity index (χ3v) is 10.5. The SMILES string of the molecule is Nc1nc2c(ncn2[C@@H]2OC3CO[P@@](=O)(S)O[C@@H]4C(CO[P@@](=O)(S)O[C@H]3[C@H]2F)O[C@@H](n2cnc3c(=O)[nH]c(N)nc32)[C@@H]4F)c(=O)[nH]1. The van der Waals surface area contributed by atoms with E-state index in [2.05, 4.69) is 54.4 Å². The van der Waals surface area contributed by atoms with Crippen LogP contribution in [-0.2, 0) is 36.7 Å². The minimum absolute atomic E-state index is 0.137. The summed E-state index contributed by atoms with van der Waals surface area (Å²) in [5, 5.41) is 0. The second kappa shape index (κ2) is 11.4. The molecule has 2 unspecified atom stereocenters. The number of alkyl halides is 2. The second-order valence-corrected chi connectivity index (χ2v) is 16.0. The number of halogens is 2. The lowest BCUT2D eigenvalue weighted by molar-refractivity contribution is -0.0544. The number of anilines is 2. The van der Waals surface area contributed by atoms with E-state index in [0.717, 1.165) is 21.8 Å². The molecule has 26 heteroatoms. The number of nitrogens with two attached hydrogens (primary N) is 2. The first-order chi connectivity index (χ1) is 21.7. The highest BCUT2D eigenvalue weighted by atomic mass is 32.7. The molecular weight excluding hydrogens is 704 g/mol. The van der Waals surface area contributed by atoms with Gasteiger partial charge in [0, 0.05) is 0 Å². The van der Waals surface area contributed by atoms with Crippen LogP contribution in [0.25, 0.3) is 22.3 Å². The van der Waals surface area contributed by atoms with E-state index in [4.69, 9.17) is 39.0 Å². The summed E-state index contributed by atoms with van der Waals surface area (Å²) in [6.07, 6.45) is -11.7. The molecule has 0 saturated carbocycles. The smallest absolute Gasteiger partial charge is 0.369 e. The van der Waals surface area contributed by atoms with Crippen LogP contribution >= 0.6 is 38.1 Å². The fourth-order valence-electron chi connectivity index (χ4n) is 5.32. The van der Waals surface area contributed by atoms with Crippen molar-refractivity contribution in [2.75, 3.05) is 24.7 Å². The third-order valence-electron chi connectivity index (χ3n) is 7.30. The van der Waals surface area contributed by atoms with Crippen molar-refractivity contribution in [3.05, 3.63) is 33.4 Å². The van der Waals surface area contributed by atoms with Crippen LogP contribution in [0.4, 0.5) is 20.7 Å². The van der Waals surface area contributed by atoms with Gasteiger partial charge in [0.15, 0.2) is 47.1 Å². The number of fused-ring (bicyclic) bond motifs is 4. The van der Waals surface area contributed by atoms with Gasteiger partial charge in [-0.3, -0.25) is 46.8 Å². The summed E-state index contributed by atoms with van der Waals surface area (Å²) < 4.78 is 93.9. The fourth-order valence-corrected chi connectivity index (χ4v) is 8.28. The second-order valence-electron chi connectivity index (χ2n) is 10.2. The Morgan fingerprint density at radius 2 is 1.17 bits per heavy atom. The molecule has 0 spiro atoms. The number of aromatic nitrogens is 8. The van der Waals surface area contributed by atoms with Crippen molar-refractivity contribution >= 4 is 72.3 Å². The van der Waals surface area contributed by atoms with E-state index in [1.165, 1.54) is 0 Å². The number of rotatable bonds is 2. The van der Waals surface area contributed by atoms with Crippen molar-refractivity contribution in [1.82, 2.24) is 39.0 Å². The first-order valence-corrected chi connectivity index (χ1v) is 18.5. The molecule has 6 N–H and O–H groups in total. The summed E-state index contributed by atoms with van der Waals surface area (Å²) in [4.78, 5) is 44.7. The molecule has 3 aliphatic heterocycles. The molecule has 10 atom stereocenters. The molecule has 20 nitrogen and oxygen atoms in total. The maximum atomic E-state index is 16.0. The zero-order valence-corrected chi connectivity index (χ0v) is 26.2. The molecular formula is C20H22F2N10O10P2S2. The molecule has 7 rings (SSSR count). The maximum absolute atomic E-state index is 16.0. The molecule has 46 heavy (non-hydrogen) atoms. The number of H-pyrrole nitrogens is 2. The van der Waals surface area contributed by atoms with Gasteiger partial charge in [0.1, 0.15) is 24.4 Å². The molecule has 0 aromatic carbocycles. The lowest BCUT2D eigenvalue weighted by Gasteiger charge is -2.28.